The lowest BCUT2D eigenvalue weighted by atomic mass is 9.90. The van der Waals surface area contributed by atoms with E-state index in [0.717, 1.165) is 22.3 Å². The van der Waals surface area contributed by atoms with Crippen LogP contribution in [-0.4, -0.2) is 22.6 Å². The number of rotatable bonds is 4. The average Bonchev–Trinajstić information content (AvgIpc) is 2.25. The molecule has 18 heavy (non-hydrogen) atoms. The molecule has 0 spiro atoms. The van der Waals surface area contributed by atoms with Crippen molar-refractivity contribution in [2.24, 2.45) is 0 Å². The molecule has 0 aromatic heterocycles. The van der Waals surface area contributed by atoms with E-state index in [1.165, 1.54) is 0 Å². The van der Waals surface area contributed by atoms with Crippen molar-refractivity contribution in [1.29, 1.82) is 0 Å². The van der Waals surface area contributed by atoms with E-state index in [9.17, 15) is 14.4 Å². The van der Waals surface area contributed by atoms with Crippen molar-refractivity contribution in [3.63, 3.8) is 0 Å². The summed E-state index contributed by atoms with van der Waals surface area (Å²) in [5.41, 5.74) is 3.66. The molecule has 0 saturated heterocycles. The van der Waals surface area contributed by atoms with Crippen molar-refractivity contribution in [2.45, 2.75) is 34.1 Å². The van der Waals surface area contributed by atoms with Gasteiger partial charge in [-0.3, -0.25) is 14.4 Å². The Bertz CT molecular complexity index is 515. The molecule has 1 rings (SSSR count). The largest absolute Gasteiger partial charge is 0.481 e. The smallest absolute Gasteiger partial charge is 0.311 e. The van der Waals surface area contributed by atoms with Crippen LogP contribution in [-0.2, 0) is 9.59 Å². The standard InChI is InChI=1S/C14H16O4/c1-7-5-8(2)10(4)13(9(7)3)14(18)11(15)6-12(16)17/h5H,6H2,1-4H3,(H,16,17). The highest BCUT2D eigenvalue weighted by Crippen LogP contribution is 2.22. The van der Waals surface area contributed by atoms with Gasteiger partial charge >= 0.3 is 5.97 Å². The maximum Gasteiger partial charge on any atom is 0.311 e. The topological polar surface area (TPSA) is 71.4 Å². The second-order valence-electron chi connectivity index (χ2n) is 4.46. The van der Waals surface area contributed by atoms with E-state index in [0.29, 0.717) is 5.56 Å². The van der Waals surface area contributed by atoms with Crippen molar-refractivity contribution in [2.75, 3.05) is 0 Å². The van der Waals surface area contributed by atoms with Crippen molar-refractivity contribution in [1.82, 2.24) is 0 Å². The van der Waals surface area contributed by atoms with Crippen LogP contribution in [0.4, 0.5) is 0 Å². The van der Waals surface area contributed by atoms with E-state index in [1.807, 2.05) is 19.9 Å². The second kappa shape index (κ2) is 5.12. The van der Waals surface area contributed by atoms with E-state index < -0.39 is 24.0 Å². The number of benzene rings is 1. The molecule has 1 N–H and O–H groups in total. The Hall–Kier alpha value is -1.97. The van der Waals surface area contributed by atoms with Crippen LogP contribution in [0.5, 0.6) is 0 Å². The van der Waals surface area contributed by atoms with Crippen LogP contribution in [0.3, 0.4) is 0 Å². The lowest BCUT2D eigenvalue weighted by molar-refractivity contribution is -0.139. The quantitative estimate of drug-likeness (QED) is 0.503. The van der Waals surface area contributed by atoms with E-state index in [4.69, 9.17) is 5.11 Å². The van der Waals surface area contributed by atoms with Gasteiger partial charge in [0.2, 0.25) is 11.6 Å². The zero-order valence-corrected chi connectivity index (χ0v) is 11.0. The molecule has 0 atom stereocenters. The van der Waals surface area contributed by atoms with Crippen LogP contribution in [0, 0.1) is 27.7 Å². The van der Waals surface area contributed by atoms with Gasteiger partial charge in [-0.15, -0.1) is 0 Å². The zero-order chi connectivity index (χ0) is 14.0. The van der Waals surface area contributed by atoms with Gasteiger partial charge in [0.05, 0.1) is 0 Å². The first-order valence-electron chi connectivity index (χ1n) is 5.62. The minimum Gasteiger partial charge on any atom is -0.481 e. The maximum absolute atomic E-state index is 12.0. The molecule has 4 nitrogen and oxygen atoms in total. The number of carboxylic acid groups (broad SMARTS) is 1. The summed E-state index contributed by atoms with van der Waals surface area (Å²) in [6, 6.07) is 1.95. The van der Waals surface area contributed by atoms with Crippen molar-refractivity contribution >= 4 is 17.5 Å². The third kappa shape index (κ3) is 2.64. The molecule has 4 heteroatoms. The van der Waals surface area contributed by atoms with Gasteiger partial charge in [0.15, 0.2) is 0 Å². The summed E-state index contributed by atoms with van der Waals surface area (Å²) < 4.78 is 0. The minimum absolute atomic E-state index is 0.346. The van der Waals surface area contributed by atoms with Gasteiger partial charge in [0.25, 0.3) is 0 Å². The number of aryl methyl sites for hydroxylation is 2. The molecule has 0 unspecified atom stereocenters. The number of hydrogen-bond acceptors (Lipinski definition) is 3. The molecule has 0 bridgehead atoms. The van der Waals surface area contributed by atoms with Gasteiger partial charge < -0.3 is 5.11 Å². The number of carboxylic acids is 1. The number of hydrogen-bond donors (Lipinski definition) is 1. The van der Waals surface area contributed by atoms with Crippen LogP contribution >= 0.6 is 0 Å². The fraction of sp³-hybridized carbons (Fsp3) is 0.357. The Labute approximate surface area is 106 Å². The van der Waals surface area contributed by atoms with Gasteiger partial charge in [-0.25, -0.2) is 0 Å². The van der Waals surface area contributed by atoms with Crippen molar-refractivity contribution in [3.8, 4) is 0 Å². The molecule has 0 amide bonds. The summed E-state index contributed by atoms with van der Waals surface area (Å²) >= 11 is 0. The van der Waals surface area contributed by atoms with Crippen molar-refractivity contribution < 1.29 is 19.5 Å². The summed E-state index contributed by atoms with van der Waals surface area (Å²) in [4.78, 5) is 34.0. The predicted molar refractivity (Wildman–Crippen MR) is 67.0 cm³/mol. The predicted octanol–water partition coefficient (Wildman–Crippen LogP) is 2.15. The third-order valence-corrected chi connectivity index (χ3v) is 3.16. The van der Waals surface area contributed by atoms with E-state index >= 15 is 0 Å². The van der Waals surface area contributed by atoms with Gasteiger partial charge in [-0.05, 0) is 49.9 Å². The number of aliphatic carboxylic acids is 1. The molecule has 0 aliphatic rings. The summed E-state index contributed by atoms with van der Waals surface area (Å²) in [6.07, 6.45) is -0.759. The Balaban J connectivity index is 3.29. The van der Waals surface area contributed by atoms with Crippen molar-refractivity contribution in [3.05, 3.63) is 33.9 Å². The number of carbonyl (C=O) groups is 3. The highest BCUT2D eigenvalue weighted by Gasteiger charge is 2.23. The third-order valence-electron chi connectivity index (χ3n) is 3.16. The molecule has 0 heterocycles. The lowest BCUT2D eigenvalue weighted by Crippen LogP contribution is -2.20. The van der Waals surface area contributed by atoms with E-state index in [-0.39, 0.29) is 0 Å². The Kier molecular flexibility index (Phi) is 4.01. The molecule has 1 aromatic carbocycles. The monoisotopic (exact) mass is 248 g/mol. The van der Waals surface area contributed by atoms with Gasteiger partial charge in [-0.1, -0.05) is 6.07 Å². The van der Waals surface area contributed by atoms with Crippen LogP contribution in [0.1, 0.15) is 39.0 Å². The Morgan fingerprint density at radius 3 is 1.83 bits per heavy atom. The average molecular weight is 248 g/mol. The highest BCUT2D eigenvalue weighted by molar-refractivity contribution is 6.46. The number of carbonyl (C=O) groups excluding carboxylic acids is 2. The van der Waals surface area contributed by atoms with Crippen LogP contribution in [0.25, 0.3) is 0 Å². The second-order valence-corrected chi connectivity index (χ2v) is 4.46. The molecule has 96 valence electrons. The molecule has 1 aromatic rings. The summed E-state index contributed by atoms with van der Waals surface area (Å²) in [5.74, 6) is -2.87. The van der Waals surface area contributed by atoms with Crippen LogP contribution < -0.4 is 0 Å². The molecule has 0 saturated carbocycles. The normalized spacial score (nSPS) is 10.2. The maximum atomic E-state index is 12.0. The fourth-order valence-corrected chi connectivity index (χ4v) is 1.91. The van der Waals surface area contributed by atoms with E-state index in [1.54, 1.807) is 13.8 Å². The minimum atomic E-state index is -1.28. The van der Waals surface area contributed by atoms with Crippen LogP contribution in [0.2, 0.25) is 0 Å². The Morgan fingerprint density at radius 1 is 1.00 bits per heavy atom. The lowest BCUT2D eigenvalue weighted by Gasteiger charge is -2.13. The first kappa shape index (κ1) is 14.1. The number of ketones is 2. The van der Waals surface area contributed by atoms with Crippen LogP contribution in [0.15, 0.2) is 6.07 Å². The summed E-state index contributed by atoms with van der Waals surface area (Å²) in [5, 5.41) is 8.55. The summed E-state index contributed by atoms with van der Waals surface area (Å²) in [7, 11) is 0. The molecule has 0 radical (unpaired) electrons. The molecule has 0 fully saturated rings. The zero-order valence-electron chi connectivity index (χ0n) is 11.0. The SMILES string of the molecule is Cc1cc(C)c(C)c(C(=O)C(=O)CC(=O)O)c1C. The summed E-state index contributed by atoms with van der Waals surface area (Å²) in [6.45, 7) is 7.26. The van der Waals surface area contributed by atoms with Gasteiger partial charge in [0.1, 0.15) is 6.42 Å². The van der Waals surface area contributed by atoms with Gasteiger partial charge in [0, 0.05) is 5.56 Å². The van der Waals surface area contributed by atoms with Gasteiger partial charge in [-0.2, -0.15) is 0 Å². The molecular formula is C14H16O4. The molecule has 0 aliphatic carbocycles. The highest BCUT2D eigenvalue weighted by atomic mass is 16.4. The molecule has 0 aliphatic heterocycles. The number of Topliss-reactive ketones (excluding diaryl/α,β-unsaturated/α-hetero) is 2. The Morgan fingerprint density at radius 2 is 1.44 bits per heavy atom. The first-order chi connectivity index (χ1) is 8.25. The molecular weight excluding hydrogens is 232 g/mol. The first-order valence-corrected chi connectivity index (χ1v) is 5.62. The fourth-order valence-electron chi connectivity index (χ4n) is 1.91. The van der Waals surface area contributed by atoms with E-state index in [2.05, 4.69) is 0 Å².